The van der Waals surface area contributed by atoms with Crippen molar-refractivity contribution in [3.63, 3.8) is 0 Å². The van der Waals surface area contributed by atoms with Gasteiger partial charge in [0.05, 0.1) is 5.56 Å². The first-order valence-electron chi connectivity index (χ1n) is 6.37. The van der Waals surface area contributed by atoms with Gasteiger partial charge in [0.2, 0.25) is 11.6 Å². The average Bonchev–Trinajstić information content (AvgIpc) is 2.43. The summed E-state index contributed by atoms with van der Waals surface area (Å²) in [4.78, 5) is 24.6. The van der Waals surface area contributed by atoms with Crippen molar-refractivity contribution in [3.05, 3.63) is 64.2 Å². The van der Waals surface area contributed by atoms with Gasteiger partial charge in [0.15, 0.2) is 0 Å². The Bertz CT molecular complexity index is 638. The smallest absolute Gasteiger partial charge is 0.237 e. The number of carbonyl (C=O) groups is 2. The van der Waals surface area contributed by atoms with Crippen LogP contribution in [0.2, 0.25) is 0 Å². The van der Waals surface area contributed by atoms with Crippen LogP contribution in [0.5, 0.6) is 5.75 Å². The number of aryl methyl sites for hydroxylation is 2. The maximum Gasteiger partial charge on any atom is 0.237 e. The minimum absolute atomic E-state index is 0.0518. The van der Waals surface area contributed by atoms with Crippen molar-refractivity contribution in [2.75, 3.05) is 0 Å². The zero-order valence-corrected chi connectivity index (χ0v) is 11.7. The molecule has 3 nitrogen and oxygen atoms in total. The fourth-order valence-corrected chi connectivity index (χ4v) is 2.08. The number of hydrogen-bond acceptors (Lipinski definition) is 3. The van der Waals surface area contributed by atoms with Crippen molar-refractivity contribution in [2.45, 2.75) is 20.8 Å². The van der Waals surface area contributed by atoms with E-state index in [1.807, 2.05) is 19.9 Å². The van der Waals surface area contributed by atoms with Crippen molar-refractivity contribution in [2.24, 2.45) is 0 Å². The predicted molar refractivity (Wildman–Crippen MR) is 77.4 cm³/mol. The standard InChI is InChI=1S/C17H16O3/c1-10-6-4-8-13(12(10)3)16(19)17(20)14-9-5-7-11(2)15(14)18/h4-9,18H,1-3H3. The van der Waals surface area contributed by atoms with Gasteiger partial charge in [-0.1, -0.05) is 30.3 Å². The summed E-state index contributed by atoms with van der Waals surface area (Å²) in [6.07, 6.45) is 0. The van der Waals surface area contributed by atoms with Crippen LogP contribution in [0.1, 0.15) is 37.4 Å². The van der Waals surface area contributed by atoms with Gasteiger partial charge in [0, 0.05) is 5.56 Å². The number of benzene rings is 2. The lowest BCUT2D eigenvalue weighted by atomic mass is 9.94. The minimum Gasteiger partial charge on any atom is -0.507 e. The Morgan fingerprint density at radius 3 is 1.95 bits per heavy atom. The molecule has 0 bridgehead atoms. The quantitative estimate of drug-likeness (QED) is 0.685. The van der Waals surface area contributed by atoms with Crippen LogP contribution in [-0.2, 0) is 0 Å². The number of Topliss-reactive ketones (excluding diaryl/α,β-unsaturated/α-hetero) is 2. The molecule has 2 rings (SSSR count). The summed E-state index contributed by atoms with van der Waals surface area (Å²) in [7, 11) is 0. The third-order valence-electron chi connectivity index (χ3n) is 3.54. The Labute approximate surface area is 117 Å². The summed E-state index contributed by atoms with van der Waals surface area (Å²) in [5.41, 5.74) is 2.76. The van der Waals surface area contributed by atoms with Crippen LogP contribution in [0.25, 0.3) is 0 Å². The fraction of sp³-hybridized carbons (Fsp3) is 0.176. The van der Waals surface area contributed by atoms with E-state index >= 15 is 0 Å². The van der Waals surface area contributed by atoms with Crippen LogP contribution in [0, 0.1) is 20.8 Å². The van der Waals surface area contributed by atoms with Gasteiger partial charge in [-0.05, 0) is 43.5 Å². The summed E-state index contributed by atoms with van der Waals surface area (Å²) in [6, 6.07) is 10.1. The molecule has 0 saturated heterocycles. The molecule has 0 unspecified atom stereocenters. The number of phenols is 1. The molecule has 0 spiro atoms. The van der Waals surface area contributed by atoms with E-state index in [0.29, 0.717) is 11.1 Å². The second kappa shape index (κ2) is 5.29. The van der Waals surface area contributed by atoms with Crippen LogP contribution in [0.3, 0.4) is 0 Å². The molecule has 0 amide bonds. The lowest BCUT2D eigenvalue weighted by Gasteiger charge is -2.08. The molecule has 0 aliphatic heterocycles. The van der Waals surface area contributed by atoms with Crippen LogP contribution in [-0.4, -0.2) is 16.7 Å². The van der Waals surface area contributed by atoms with Crippen molar-refractivity contribution in [1.29, 1.82) is 0 Å². The summed E-state index contributed by atoms with van der Waals surface area (Å²) in [5, 5.41) is 9.91. The first-order chi connectivity index (χ1) is 9.43. The van der Waals surface area contributed by atoms with E-state index in [2.05, 4.69) is 0 Å². The topological polar surface area (TPSA) is 54.4 Å². The second-order valence-electron chi connectivity index (χ2n) is 4.88. The third-order valence-corrected chi connectivity index (χ3v) is 3.54. The highest BCUT2D eigenvalue weighted by molar-refractivity contribution is 6.50. The molecule has 102 valence electrons. The first-order valence-corrected chi connectivity index (χ1v) is 6.37. The summed E-state index contributed by atoms with van der Waals surface area (Å²) >= 11 is 0. The Kier molecular flexibility index (Phi) is 3.70. The van der Waals surface area contributed by atoms with Crippen LogP contribution in [0.4, 0.5) is 0 Å². The molecule has 20 heavy (non-hydrogen) atoms. The Balaban J connectivity index is 2.46. The summed E-state index contributed by atoms with van der Waals surface area (Å²) in [5.74, 6) is -1.40. The fourth-order valence-electron chi connectivity index (χ4n) is 2.08. The van der Waals surface area contributed by atoms with Gasteiger partial charge in [-0.3, -0.25) is 9.59 Å². The molecule has 0 aliphatic carbocycles. The Morgan fingerprint density at radius 2 is 1.30 bits per heavy atom. The third kappa shape index (κ3) is 2.35. The normalized spacial score (nSPS) is 10.3. The molecular formula is C17H16O3. The van der Waals surface area contributed by atoms with Crippen molar-refractivity contribution in [3.8, 4) is 5.75 Å². The van der Waals surface area contributed by atoms with E-state index in [9.17, 15) is 14.7 Å². The van der Waals surface area contributed by atoms with Gasteiger partial charge in [-0.15, -0.1) is 0 Å². The van der Waals surface area contributed by atoms with Crippen LogP contribution >= 0.6 is 0 Å². The van der Waals surface area contributed by atoms with Gasteiger partial charge >= 0.3 is 0 Å². The molecular weight excluding hydrogens is 252 g/mol. The lowest BCUT2D eigenvalue weighted by Crippen LogP contribution is -2.16. The Hall–Kier alpha value is -2.42. The van der Waals surface area contributed by atoms with Crippen molar-refractivity contribution < 1.29 is 14.7 Å². The number of phenolic OH excluding ortho intramolecular Hbond substituents is 1. The van der Waals surface area contributed by atoms with Gasteiger partial charge in [-0.2, -0.15) is 0 Å². The number of aromatic hydroxyl groups is 1. The largest absolute Gasteiger partial charge is 0.507 e. The van der Waals surface area contributed by atoms with Crippen molar-refractivity contribution in [1.82, 2.24) is 0 Å². The van der Waals surface area contributed by atoms with Crippen LogP contribution < -0.4 is 0 Å². The van der Waals surface area contributed by atoms with E-state index in [1.165, 1.54) is 6.07 Å². The summed E-state index contributed by atoms with van der Waals surface area (Å²) in [6.45, 7) is 5.39. The number of hydrogen-bond donors (Lipinski definition) is 1. The molecule has 0 aliphatic rings. The molecule has 2 aromatic rings. The molecule has 0 radical (unpaired) electrons. The number of rotatable bonds is 3. The van der Waals surface area contributed by atoms with Gasteiger partial charge in [-0.25, -0.2) is 0 Å². The van der Waals surface area contributed by atoms with E-state index in [0.717, 1.165) is 11.1 Å². The highest BCUT2D eigenvalue weighted by atomic mass is 16.3. The number of carbonyl (C=O) groups excluding carboxylic acids is 2. The molecule has 2 aromatic carbocycles. The molecule has 0 saturated carbocycles. The van der Waals surface area contributed by atoms with E-state index in [4.69, 9.17) is 0 Å². The number of para-hydroxylation sites is 1. The molecule has 0 heterocycles. The van der Waals surface area contributed by atoms with Crippen LogP contribution in [0.15, 0.2) is 36.4 Å². The SMILES string of the molecule is Cc1cccc(C(=O)C(=O)c2cccc(C)c2O)c1C. The van der Waals surface area contributed by atoms with Gasteiger partial charge < -0.3 is 5.11 Å². The van der Waals surface area contributed by atoms with E-state index in [1.54, 1.807) is 31.2 Å². The molecule has 0 atom stereocenters. The highest BCUT2D eigenvalue weighted by Gasteiger charge is 2.23. The lowest BCUT2D eigenvalue weighted by molar-refractivity contribution is 0.0814. The van der Waals surface area contributed by atoms with Gasteiger partial charge in [0.1, 0.15) is 5.75 Å². The van der Waals surface area contributed by atoms with Gasteiger partial charge in [0.25, 0.3) is 0 Å². The minimum atomic E-state index is -0.681. The molecule has 1 N–H and O–H groups in total. The predicted octanol–water partition coefficient (Wildman–Crippen LogP) is 3.38. The number of ketones is 2. The maximum atomic E-state index is 12.3. The zero-order valence-electron chi connectivity index (χ0n) is 11.7. The van der Waals surface area contributed by atoms with E-state index < -0.39 is 11.6 Å². The van der Waals surface area contributed by atoms with E-state index in [-0.39, 0.29) is 11.3 Å². The molecule has 0 aromatic heterocycles. The Morgan fingerprint density at radius 1 is 0.800 bits per heavy atom. The highest BCUT2D eigenvalue weighted by Crippen LogP contribution is 2.24. The summed E-state index contributed by atoms with van der Waals surface area (Å²) < 4.78 is 0. The van der Waals surface area contributed by atoms with Crippen molar-refractivity contribution >= 4 is 11.6 Å². The maximum absolute atomic E-state index is 12.3. The zero-order chi connectivity index (χ0) is 14.9. The monoisotopic (exact) mass is 268 g/mol. The second-order valence-corrected chi connectivity index (χ2v) is 4.88. The average molecular weight is 268 g/mol. The molecule has 0 fully saturated rings. The molecule has 3 heteroatoms. The first kappa shape index (κ1) is 14.0.